The summed E-state index contributed by atoms with van der Waals surface area (Å²) in [4.78, 5) is 34.4. The standard InChI is InChI=1S/C20H19NO6/c1-20(18(24)25,10-17(22)23)21-19(26)27-11-16-14-8-4-2-6-12(14)13-7-3-5-9-15(13)16/h2-6,8-9H,7,10-11H2,1H3,(H,21,26)(H,22,23)(H,24,25)/t20-/m1/s1. The Morgan fingerprint density at radius 3 is 2.56 bits per heavy atom. The maximum Gasteiger partial charge on any atom is 0.408 e. The molecule has 3 N–H and O–H groups in total. The lowest BCUT2D eigenvalue weighted by Gasteiger charge is -2.24. The second kappa shape index (κ2) is 7.11. The predicted octanol–water partition coefficient (Wildman–Crippen LogP) is 0.932. The van der Waals surface area contributed by atoms with Gasteiger partial charge in [0.05, 0.1) is 6.42 Å². The molecule has 0 aliphatic heterocycles. The number of benzene rings is 1. The first-order valence-corrected chi connectivity index (χ1v) is 8.41. The van der Waals surface area contributed by atoms with E-state index in [0.29, 0.717) is 0 Å². The molecule has 3 rings (SSSR count). The summed E-state index contributed by atoms with van der Waals surface area (Å²) in [5.41, 5.74) is 1.05. The van der Waals surface area contributed by atoms with Crippen molar-refractivity contribution in [2.24, 2.45) is 0 Å². The molecule has 140 valence electrons. The van der Waals surface area contributed by atoms with Gasteiger partial charge in [0.1, 0.15) is 12.1 Å². The molecule has 2 aliphatic rings. The van der Waals surface area contributed by atoms with E-state index in [2.05, 4.69) is 11.4 Å². The SMILES string of the molecule is C[C@](CC(=O)O)(NC(=O)OCC1=c2ccccc2=C2CC=CC=C21)C(=O)O. The van der Waals surface area contributed by atoms with Gasteiger partial charge in [-0.25, -0.2) is 9.59 Å². The fourth-order valence-electron chi connectivity index (χ4n) is 3.28. The Morgan fingerprint density at radius 2 is 1.89 bits per heavy atom. The summed E-state index contributed by atoms with van der Waals surface area (Å²) >= 11 is 0. The molecule has 0 bridgehead atoms. The highest BCUT2D eigenvalue weighted by atomic mass is 16.5. The molecule has 0 fully saturated rings. The van der Waals surface area contributed by atoms with Gasteiger partial charge < -0.3 is 20.3 Å². The number of carbonyl (C=O) groups is 3. The summed E-state index contributed by atoms with van der Waals surface area (Å²) in [6, 6.07) is 7.81. The van der Waals surface area contributed by atoms with Gasteiger partial charge in [-0.1, -0.05) is 42.5 Å². The molecule has 7 nitrogen and oxygen atoms in total. The van der Waals surface area contributed by atoms with Crippen LogP contribution in [0, 0.1) is 0 Å². The number of ether oxygens (including phenoxy) is 1. The van der Waals surface area contributed by atoms with Crippen molar-refractivity contribution in [3.63, 3.8) is 0 Å². The largest absolute Gasteiger partial charge is 0.481 e. The third-order valence-corrected chi connectivity index (χ3v) is 4.65. The average Bonchev–Trinajstić information content (AvgIpc) is 2.93. The Hall–Kier alpha value is -3.35. The Labute approximate surface area is 155 Å². The first-order chi connectivity index (χ1) is 12.8. The fourth-order valence-corrected chi connectivity index (χ4v) is 3.28. The molecule has 1 atom stereocenters. The smallest absolute Gasteiger partial charge is 0.408 e. The minimum Gasteiger partial charge on any atom is -0.481 e. The molecule has 0 saturated carbocycles. The number of carboxylic acid groups (broad SMARTS) is 2. The number of carboxylic acids is 2. The Balaban J connectivity index is 1.80. The van der Waals surface area contributed by atoms with Gasteiger partial charge in [0, 0.05) is 5.57 Å². The van der Waals surface area contributed by atoms with Crippen LogP contribution in [0.2, 0.25) is 0 Å². The number of rotatable bonds is 6. The molecule has 0 unspecified atom stereocenters. The van der Waals surface area contributed by atoms with E-state index in [0.717, 1.165) is 40.5 Å². The van der Waals surface area contributed by atoms with E-state index >= 15 is 0 Å². The molecule has 7 heteroatoms. The molecule has 0 saturated heterocycles. The molecular formula is C20H19NO6. The first-order valence-electron chi connectivity index (χ1n) is 8.41. The maximum absolute atomic E-state index is 12.1. The summed E-state index contributed by atoms with van der Waals surface area (Å²) in [6.07, 6.45) is 5.00. The van der Waals surface area contributed by atoms with Crippen molar-refractivity contribution in [3.8, 4) is 0 Å². The van der Waals surface area contributed by atoms with E-state index in [-0.39, 0.29) is 6.61 Å². The zero-order valence-electron chi connectivity index (χ0n) is 14.7. The lowest BCUT2D eigenvalue weighted by atomic mass is 9.96. The molecule has 0 spiro atoms. The minimum atomic E-state index is -1.95. The number of hydrogen-bond acceptors (Lipinski definition) is 4. The molecule has 27 heavy (non-hydrogen) atoms. The van der Waals surface area contributed by atoms with Crippen molar-refractivity contribution in [2.45, 2.75) is 25.3 Å². The van der Waals surface area contributed by atoms with E-state index in [1.807, 2.05) is 36.4 Å². The van der Waals surface area contributed by atoms with E-state index in [4.69, 9.17) is 9.84 Å². The number of allylic oxidation sites excluding steroid dienone is 3. The number of alkyl carbamates (subject to hydrolysis) is 1. The summed E-state index contributed by atoms with van der Waals surface area (Å²) < 4.78 is 5.24. The van der Waals surface area contributed by atoms with Crippen LogP contribution in [0.15, 0.2) is 48.1 Å². The number of aliphatic carboxylic acids is 2. The van der Waals surface area contributed by atoms with Crippen LogP contribution in [0.4, 0.5) is 4.79 Å². The van der Waals surface area contributed by atoms with E-state index < -0.39 is 30.0 Å². The zero-order chi connectivity index (χ0) is 19.6. The third-order valence-electron chi connectivity index (χ3n) is 4.65. The van der Waals surface area contributed by atoms with E-state index in [9.17, 15) is 19.5 Å². The summed E-state index contributed by atoms with van der Waals surface area (Å²) in [7, 11) is 0. The van der Waals surface area contributed by atoms with E-state index in [1.165, 1.54) is 0 Å². The van der Waals surface area contributed by atoms with Crippen LogP contribution in [-0.4, -0.2) is 40.4 Å². The lowest BCUT2D eigenvalue weighted by molar-refractivity contribution is -0.150. The molecule has 0 aromatic heterocycles. The molecule has 0 heterocycles. The van der Waals surface area contributed by atoms with Gasteiger partial charge in [0.25, 0.3) is 0 Å². The van der Waals surface area contributed by atoms with Crippen molar-refractivity contribution in [2.75, 3.05) is 6.61 Å². The topological polar surface area (TPSA) is 113 Å². The molecule has 2 aliphatic carbocycles. The number of fused-ring (bicyclic) bond motifs is 2. The molecular weight excluding hydrogens is 350 g/mol. The highest BCUT2D eigenvalue weighted by Crippen LogP contribution is 2.29. The fraction of sp³-hybridized carbons (Fsp3) is 0.250. The van der Waals surface area contributed by atoms with Crippen LogP contribution in [0.5, 0.6) is 0 Å². The number of hydrogen-bond donors (Lipinski definition) is 3. The van der Waals surface area contributed by atoms with Gasteiger partial charge in [-0.15, -0.1) is 0 Å². The third kappa shape index (κ3) is 3.62. The summed E-state index contributed by atoms with van der Waals surface area (Å²) in [6.45, 7) is 1.08. The van der Waals surface area contributed by atoms with Gasteiger partial charge in [-0.2, -0.15) is 0 Å². The van der Waals surface area contributed by atoms with Crippen molar-refractivity contribution >= 4 is 29.2 Å². The zero-order valence-corrected chi connectivity index (χ0v) is 14.7. The highest BCUT2D eigenvalue weighted by molar-refractivity contribution is 5.92. The summed E-state index contributed by atoms with van der Waals surface area (Å²) in [5, 5.41) is 22.3. The minimum absolute atomic E-state index is 0.0468. The Kier molecular flexibility index (Phi) is 4.85. The second-order valence-electron chi connectivity index (χ2n) is 6.62. The van der Waals surface area contributed by atoms with Crippen molar-refractivity contribution in [1.29, 1.82) is 0 Å². The van der Waals surface area contributed by atoms with Gasteiger partial charge in [-0.3, -0.25) is 4.79 Å². The monoisotopic (exact) mass is 369 g/mol. The van der Waals surface area contributed by atoms with Crippen LogP contribution in [-0.2, 0) is 14.3 Å². The van der Waals surface area contributed by atoms with Gasteiger partial charge in [0.2, 0.25) is 0 Å². The maximum atomic E-state index is 12.1. The van der Waals surface area contributed by atoms with Gasteiger partial charge in [-0.05, 0) is 34.9 Å². The van der Waals surface area contributed by atoms with Crippen LogP contribution in [0.1, 0.15) is 19.8 Å². The lowest BCUT2D eigenvalue weighted by Crippen LogP contribution is -2.53. The van der Waals surface area contributed by atoms with Crippen LogP contribution in [0.25, 0.3) is 11.1 Å². The molecule has 0 radical (unpaired) electrons. The van der Waals surface area contributed by atoms with Crippen LogP contribution >= 0.6 is 0 Å². The van der Waals surface area contributed by atoms with Gasteiger partial charge >= 0.3 is 18.0 Å². The quantitative estimate of drug-likeness (QED) is 0.688. The number of nitrogens with one attached hydrogen (secondary N) is 1. The van der Waals surface area contributed by atoms with Gasteiger partial charge in [0.15, 0.2) is 0 Å². The van der Waals surface area contributed by atoms with Crippen molar-refractivity contribution < 1.29 is 29.3 Å². The highest BCUT2D eigenvalue weighted by Gasteiger charge is 2.38. The predicted molar refractivity (Wildman–Crippen MR) is 97.1 cm³/mol. The number of carbonyl (C=O) groups excluding carboxylic acids is 1. The van der Waals surface area contributed by atoms with Crippen molar-refractivity contribution in [3.05, 3.63) is 58.5 Å². The second-order valence-corrected chi connectivity index (χ2v) is 6.62. The molecule has 1 aromatic rings. The van der Waals surface area contributed by atoms with E-state index in [1.54, 1.807) is 0 Å². The van der Waals surface area contributed by atoms with Crippen molar-refractivity contribution in [1.82, 2.24) is 5.32 Å². The van der Waals surface area contributed by atoms with Crippen LogP contribution in [0.3, 0.4) is 0 Å². The normalized spacial score (nSPS) is 16.7. The molecule has 1 aromatic carbocycles. The Morgan fingerprint density at radius 1 is 1.19 bits per heavy atom. The molecule has 1 amide bonds. The average molecular weight is 369 g/mol. The first kappa shape index (κ1) is 18.4. The summed E-state index contributed by atoms with van der Waals surface area (Å²) in [5.74, 6) is -2.78. The Bertz CT molecular complexity index is 1000. The van der Waals surface area contributed by atoms with Crippen LogP contribution < -0.4 is 15.8 Å². The number of amides is 1.